The number of nitrogens with one attached hydrogen (secondary N) is 3. The number of hydrogen-bond donors (Lipinski definition) is 3. The topological polar surface area (TPSA) is 146 Å². The van der Waals surface area contributed by atoms with Gasteiger partial charge in [0.1, 0.15) is 30.5 Å². The second-order valence-electron chi connectivity index (χ2n) is 14.5. The van der Waals surface area contributed by atoms with Gasteiger partial charge in [-0.1, -0.05) is 38.5 Å². The molecule has 3 N–H and O–H groups in total. The largest absolute Gasteiger partial charge is 0.488 e. The summed E-state index contributed by atoms with van der Waals surface area (Å²) >= 11 is 0. The first-order valence-electron chi connectivity index (χ1n) is 18.4. The van der Waals surface area contributed by atoms with Crippen molar-refractivity contribution in [3.8, 4) is 28.1 Å². The van der Waals surface area contributed by atoms with Crippen LogP contribution in [0.15, 0.2) is 48.7 Å². The second kappa shape index (κ2) is 13.6. The molecule has 12 heteroatoms. The van der Waals surface area contributed by atoms with Crippen LogP contribution in [0.25, 0.3) is 44.2 Å². The molecule has 3 aliphatic rings. The van der Waals surface area contributed by atoms with Gasteiger partial charge in [0.25, 0.3) is 0 Å². The summed E-state index contributed by atoms with van der Waals surface area (Å²) in [4.78, 5) is 58.3. The second-order valence-corrected chi connectivity index (χ2v) is 14.5. The van der Waals surface area contributed by atoms with Crippen LogP contribution in [-0.4, -0.2) is 73.9 Å². The third-order valence-electron chi connectivity index (χ3n) is 11.2. The van der Waals surface area contributed by atoms with E-state index in [0.29, 0.717) is 25.5 Å². The first kappa shape index (κ1) is 33.7. The van der Waals surface area contributed by atoms with Crippen molar-refractivity contribution in [3.63, 3.8) is 0 Å². The first-order valence-corrected chi connectivity index (χ1v) is 18.4. The van der Waals surface area contributed by atoms with Crippen LogP contribution in [0.4, 0.5) is 4.79 Å². The van der Waals surface area contributed by atoms with E-state index in [1.807, 2.05) is 6.20 Å². The summed E-state index contributed by atoms with van der Waals surface area (Å²) in [7, 11) is 1.27. The lowest BCUT2D eigenvalue weighted by molar-refractivity contribution is -0.135. The molecule has 2 saturated heterocycles. The number of methoxy groups -OCH3 is 1. The molecule has 52 heavy (non-hydrogen) atoms. The quantitative estimate of drug-likeness (QED) is 0.155. The first-order chi connectivity index (χ1) is 25.2. The van der Waals surface area contributed by atoms with Gasteiger partial charge in [0.2, 0.25) is 11.8 Å². The summed E-state index contributed by atoms with van der Waals surface area (Å²) in [6.07, 6.45) is 6.26. The number of H-pyrrole nitrogens is 2. The van der Waals surface area contributed by atoms with Crippen LogP contribution < -0.4 is 10.1 Å². The summed E-state index contributed by atoms with van der Waals surface area (Å²) in [6, 6.07) is 14.8. The zero-order chi connectivity index (χ0) is 36.1. The highest BCUT2D eigenvalue weighted by molar-refractivity contribution is 6.07. The van der Waals surface area contributed by atoms with Gasteiger partial charge in [0.15, 0.2) is 0 Å². The predicted octanol–water partition coefficient (Wildman–Crippen LogP) is 7.17. The summed E-state index contributed by atoms with van der Waals surface area (Å²) < 4.78 is 11.0. The maximum atomic E-state index is 13.4. The van der Waals surface area contributed by atoms with Crippen molar-refractivity contribution in [2.75, 3.05) is 20.2 Å². The van der Waals surface area contributed by atoms with Crippen LogP contribution in [0.5, 0.6) is 5.75 Å². The molecule has 5 heterocycles. The fourth-order valence-electron chi connectivity index (χ4n) is 8.18. The Hall–Kier alpha value is -5.39. The van der Waals surface area contributed by atoms with Gasteiger partial charge in [-0.05, 0) is 84.9 Å². The molecule has 0 spiro atoms. The summed E-state index contributed by atoms with van der Waals surface area (Å²) in [5.74, 6) is 2.81. The molecule has 0 aliphatic carbocycles. The van der Waals surface area contributed by atoms with Gasteiger partial charge >= 0.3 is 6.09 Å². The third kappa shape index (κ3) is 6.03. The number of imidazole rings is 2. The Morgan fingerprint density at radius 2 is 1.88 bits per heavy atom. The monoisotopic (exact) mass is 703 g/mol. The number of aromatic nitrogens is 4. The van der Waals surface area contributed by atoms with E-state index in [9.17, 15) is 14.4 Å². The van der Waals surface area contributed by atoms with Gasteiger partial charge in [-0.25, -0.2) is 14.8 Å². The Morgan fingerprint density at radius 1 is 1.02 bits per heavy atom. The molecule has 0 saturated carbocycles. The Balaban J connectivity index is 1.04. The molecule has 2 aromatic heterocycles. The van der Waals surface area contributed by atoms with E-state index in [-0.39, 0.29) is 36.5 Å². The fraction of sp³-hybridized carbons (Fsp3) is 0.425. The number of nitrogens with zero attached hydrogens (tertiary/aromatic N) is 4. The number of alkyl carbamates (subject to hydrolysis) is 1. The Morgan fingerprint density at radius 3 is 2.71 bits per heavy atom. The SMILES string of the molecule is CC[C@H](C)CC(=O)N1C(c2nc3ccc4cc5c(cc4c3[nH]2)OCc2cc(-c3cnc(C4CCCN4C(=O)CNC(=O)OC)[nH]3)ccc2-5)CC[C@@H]1C. The average Bonchev–Trinajstić information content (AvgIpc) is 3.98. The fourth-order valence-corrected chi connectivity index (χ4v) is 8.18. The van der Waals surface area contributed by atoms with Crippen LogP contribution >= 0.6 is 0 Å². The van der Waals surface area contributed by atoms with Crippen LogP contribution in [0, 0.1) is 5.92 Å². The molecular formula is C40H45N7O5. The van der Waals surface area contributed by atoms with E-state index in [1.54, 1.807) is 4.90 Å². The van der Waals surface area contributed by atoms with Crippen LogP contribution in [0.1, 0.15) is 88.6 Å². The van der Waals surface area contributed by atoms with Crippen molar-refractivity contribution >= 4 is 39.7 Å². The van der Waals surface area contributed by atoms with Crippen molar-refractivity contribution in [2.24, 2.45) is 5.92 Å². The highest BCUT2D eigenvalue weighted by Crippen LogP contribution is 2.44. The number of ether oxygens (including phenoxy) is 2. The van der Waals surface area contributed by atoms with E-state index in [4.69, 9.17) is 9.72 Å². The van der Waals surface area contributed by atoms with E-state index in [2.05, 4.69) is 93.1 Å². The minimum absolute atomic E-state index is 0.0511. The predicted molar refractivity (Wildman–Crippen MR) is 197 cm³/mol. The summed E-state index contributed by atoms with van der Waals surface area (Å²) in [6.45, 7) is 7.34. The molecule has 270 valence electrons. The van der Waals surface area contributed by atoms with Crippen LogP contribution in [-0.2, 0) is 20.9 Å². The molecule has 3 aromatic carbocycles. The van der Waals surface area contributed by atoms with Crippen LogP contribution in [0.2, 0.25) is 0 Å². The number of carbonyl (C=O) groups excluding carboxylic acids is 3. The zero-order valence-electron chi connectivity index (χ0n) is 30.1. The number of likely N-dealkylation sites (tertiary alicyclic amines) is 2. The van der Waals surface area contributed by atoms with Crippen LogP contribution in [0.3, 0.4) is 0 Å². The molecule has 3 aliphatic heterocycles. The van der Waals surface area contributed by atoms with Crippen molar-refractivity contribution in [1.29, 1.82) is 0 Å². The Labute approximate surface area is 302 Å². The zero-order valence-corrected chi connectivity index (χ0v) is 30.1. The molecule has 0 bridgehead atoms. The minimum atomic E-state index is -0.631. The number of carbonyl (C=O) groups is 3. The molecule has 5 aromatic rings. The van der Waals surface area contributed by atoms with E-state index >= 15 is 0 Å². The van der Waals surface area contributed by atoms with Gasteiger partial charge in [-0.2, -0.15) is 0 Å². The average molecular weight is 704 g/mol. The lowest BCUT2D eigenvalue weighted by atomic mass is 9.92. The van der Waals surface area contributed by atoms with Gasteiger partial charge in [0, 0.05) is 30.0 Å². The smallest absolute Gasteiger partial charge is 0.407 e. The van der Waals surface area contributed by atoms with Crippen molar-refractivity contribution in [2.45, 2.75) is 84.0 Å². The number of amides is 3. The van der Waals surface area contributed by atoms with Gasteiger partial charge in [-0.3, -0.25) is 9.59 Å². The van der Waals surface area contributed by atoms with E-state index in [0.717, 1.165) is 99.3 Å². The Bertz CT molecular complexity index is 2190. The lowest BCUT2D eigenvalue weighted by Gasteiger charge is -2.28. The molecule has 0 radical (unpaired) electrons. The molecular weight excluding hydrogens is 658 g/mol. The number of benzene rings is 3. The summed E-state index contributed by atoms with van der Waals surface area (Å²) in [5, 5.41) is 4.61. The third-order valence-corrected chi connectivity index (χ3v) is 11.2. The molecule has 8 rings (SSSR count). The highest BCUT2D eigenvalue weighted by atomic mass is 16.5. The number of fused-ring (bicyclic) bond motifs is 6. The molecule has 3 amide bonds. The van der Waals surface area contributed by atoms with Crippen molar-refractivity contribution in [1.82, 2.24) is 35.1 Å². The van der Waals surface area contributed by atoms with E-state index in [1.165, 1.54) is 7.11 Å². The molecule has 2 unspecified atom stereocenters. The normalized spacial score (nSPS) is 20.1. The van der Waals surface area contributed by atoms with Crippen molar-refractivity contribution in [3.05, 3.63) is 65.9 Å². The highest BCUT2D eigenvalue weighted by Gasteiger charge is 2.37. The van der Waals surface area contributed by atoms with E-state index < -0.39 is 6.09 Å². The summed E-state index contributed by atoms with van der Waals surface area (Å²) in [5.41, 5.74) is 6.94. The van der Waals surface area contributed by atoms with Crippen molar-refractivity contribution < 1.29 is 23.9 Å². The lowest BCUT2D eigenvalue weighted by Crippen LogP contribution is -2.40. The number of aromatic amines is 2. The standard InChI is InChI=1S/C40H45N7O5/c1-5-22(2)15-35(48)47-23(3)8-13-33(47)39-43-30-12-10-24-17-29-27-11-9-25(16-26(27)21-52-34(29)18-28(24)37(30)45-39)31-19-41-38(44-31)32-7-6-14-46(32)36(49)20-42-40(50)51-4/h9-12,16-19,22-23,32-33H,5-8,13-15,20-21H2,1-4H3,(H,41,44)(H,42,50)(H,43,45)/t22-,23-,32?,33?/m0/s1. The Kier molecular flexibility index (Phi) is 8.84. The van der Waals surface area contributed by atoms with Gasteiger partial charge in [0.05, 0.1) is 42.1 Å². The molecule has 2 fully saturated rings. The van der Waals surface area contributed by atoms with Gasteiger partial charge < -0.3 is 34.6 Å². The maximum absolute atomic E-state index is 13.4. The number of hydrogen-bond acceptors (Lipinski definition) is 7. The maximum Gasteiger partial charge on any atom is 0.407 e. The molecule has 4 atom stereocenters. The van der Waals surface area contributed by atoms with Gasteiger partial charge in [-0.15, -0.1) is 0 Å². The minimum Gasteiger partial charge on any atom is -0.488 e. The molecule has 12 nitrogen and oxygen atoms in total. The number of rotatable bonds is 8.